The van der Waals surface area contributed by atoms with E-state index in [0.717, 1.165) is 5.56 Å². The molecule has 8 heteroatoms. The molecule has 0 atom stereocenters. The Morgan fingerprint density at radius 1 is 1.25 bits per heavy atom. The SMILES string of the molecule is Cc1cc(Cl)ccc1Oc1nc(NN)nc(N(C)C)n1. The van der Waals surface area contributed by atoms with Crippen molar-refractivity contribution < 1.29 is 4.74 Å². The van der Waals surface area contributed by atoms with Gasteiger partial charge in [-0.3, -0.25) is 5.43 Å². The molecule has 20 heavy (non-hydrogen) atoms. The summed E-state index contributed by atoms with van der Waals surface area (Å²) >= 11 is 5.90. The van der Waals surface area contributed by atoms with Crippen LogP contribution in [0.1, 0.15) is 5.56 Å². The number of hydrogen-bond acceptors (Lipinski definition) is 7. The van der Waals surface area contributed by atoms with E-state index in [2.05, 4.69) is 20.4 Å². The molecule has 1 aromatic carbocycles. The fourth-order valence-electron chi connectivity index (χ4n) is 1.48. The van der Waals surface area contributed by atoms with Crippen molar-refractivity contribution in [3.8, 4) is 11.8 Å². The highest BCUT2D eigenvalue weighted by atomic mass is 35.5. The van der Waals surface area contributed by atoms with Crippen molar-refractivity contribution in [2.45, 2.75) is 6.92 Å². The Labute approximate surface area is 121 Å². The van der Waals surface area contributed by atoms with Crippen LogP contribution in [0, 0.1) is 6.92 Å². The maximum Gasteiger partial charge on any atom is 0.328 e. The summed E-state index contributed by atoms with van der Waals surface area (Å²) in [5, 5.41) is 0.642. The number of benzene rings is 1. The number of aryl methyl sites for hydroxylation is 1. The zero-order chi connectivity index (χ0) is 14.7. The average Bonchev–Trinajstić information content (AvgIpc) is 2.41. The largest absolute Gasteiger partial charge is 0.424 e. The van der Waals surface area contributed by atoms with Crippen LogP contribution in [0.3, 0.4) is 0 Å². The first kappa shape index (κ1) is 14.3. The molecular weight excluding hydrogens is 280 g/mol. The third-order valence-corrected chi connectivity index (χ3v) is 2.71. The molecule has 3 N–H and O–H groups in total. The molecular formula is C12H15ClN6O. The first-order valence-electron chi connectivity index (χ1n) is 5.83. The number of aromatic nitrogens is 3. The van der Waals surface area contributed by atoms with Gasteiger partial charge >= 0.3 is 6.01 Å². The lowest BCUT2D eigenvalue weighted by Crippen LogP contribution is -2.17. The van der Waals surface area contributed by atoms with Gasteiger partial charge in [0.1, 0.15) is 5.75 Å². The maximum absolute atomic E-state index is 5.90. The number of hydrazine groups is 1. The number of anilines is 2. The third kappa shape index (κ3) is 3.25. The van der Waals surface area contributed by atoms with Crippen LogP contribution in [0.4, 0.5) is 11.9 Å². The van der Waals surface area contributed by atoms with Gasteiger partial charge in [0.15, 0.2) is 0 Å². The Balaban J connectivity index is 2.34. The summed E-state index contributed by atoms with van der Waals surface area (Å²) in [7, 11) is 3.62. The molecule has 0 unspecified atom stereocenters. The lowest BCUT2D eigenvalue weighted by molar-refractivity contribution is 0.437. The molecule has 2 rings (SSSR count). The number of halogens is 1. The normalized spacial score (nSPS) is 10.2. The number of nitrogens with one attached hydrogen (secondary N) is 1. The first-order valence-corrected chi connectivity index (χ1v) is 6.21. The Morgan fingerprint density at radius 2 is 2.00 bits per heavy atom. The molecule has 0 radical (unpaired) electrons. The zero-order valence-electron chi connectivity index (χ0n) is 11.4. The Bertz CT molecular complexity index is 619. The predicted octanol–water partition coefficient (Wildman–Crippen LogP) is 1.98. The Hall–Kier alpha value is -2.12. The molecule has 106 valence electrons. The summed E-state index contributed by atoms with van der Waals surface area (Å²) in [4.78, 5) is 14.1. The number of hydrogen-bond donors (Lipinski definition) is 2. The molecule has 0 spiro atoms. The van der Waals surface area contributed by atoms with Gasteiger partial charge in [-0.2, -0.15) is 15.0 Å². The molecule has 0 fully saturated rings. The minimum Gasteiger partial charge on any atom is -0.424 e. The van der Waals surface area contributed by atoms with Gasteiger partial charge in [0.25, 0.3) is 0 Å². The standard InChI is InChI=1S/C12H15ClN6O/c1-7-6-8(13)4-5-9(7)20-12-16-10(18-14)15-11(17-12)19(2)3/h4-6H,14H2,1-3H3,(H,15,16,17,18). The van der Waals surface area contributed by atoms with E-state index in [1.807, 2.05) is 21.0 Å². The summed E-state index contributed by atoms with van der Waals surface area (Å²) in [5.74, 6) is 6.62. The van der Waals surface area contributed by atoms with Gasteiger partial charge < -0.3 is 9.64 Å². The van der Waals surface area contributed by atoms with Gasteiger partial charge in [0.2, 0.25) is 11.9 Å². The number of nitrogens with zero attached hydrogens (tertiary/aromatic N) is 4. The van der Waals surface area contributed by atoms with Crippen LogP contribution in [0.15, 0.2) is 18.2 Å². The van der Waals surface area contributed by atoms with E-state index in [4.69, 9.17) is 22.2 Å². The zero-order valence-corrected chi connectivity index (χ0v) is 12.1. The summed E-state index contributed by atoms with van der Waals surface area (Å²) in [5.41, 5.74) is 3.26. The predicted molar refractivity (Wildman–Crippen MR) is 78.2 cm³/mol. The summed E-state index contributed by atoms with van der Waals surface area (Å²) in [6.45, 7) is 1.89. The average molecular weight is 295 g/mol. The van der Waals surface area contributed by atoms with Crippen LogP contribution < -0.4 is 20.9 Å². The molecule has 7 nitrogen and oxygen atoms in total. The van der Waals surface area contributed by atoms with Crippen LogP contribution in [-0.2, 0) is 0 Å². The van der Waals surface area contributed by atoms with Crippen molar-refractivity contribution in [2.75, 3.05) is 24.4 Å². The molecule has 0 bridgehead atoms. The number of nitrogens with two attached hydrogens (primary N) is 1. The van der Waals surface area contributed by atoms with Gasteiger partial charge in [-0.15, -0.1) is 0 Å². The second-order valence-corrected chi connectivity index (χ2v) is 4.73. The molecule has 2 aromatic rings. The van der Waals surface area contributed by atoms with Crippen LogP contribution in [0.2, 0.25) is 5.02 Å². The topological polar surface area (TPSA) is 89.2 Å². The van der Waals surface area contributed by atoms with Crippen molar-refractivity contribution in [1.29, 1.82) is 0 Å². The number of nitrogen functional groups attached to an aromatic ring is 1. The highest BCUT2D eigenvalue weighted by Gasteiger charge is 2.10. The van der Waals surface area contributed by atoms with Crippen LogP contribution in [-0.4, -0.2) is 29.0 Å². The van der Waals surface area contributed by atoms with Gasteiger partial charge in [0, 0.05) is 19.1 Å². The number of ether oxygens (including phenoxy) is 1. The number of rotatable bonds is 4. The maximum atomic E-state index is 5.90. The summed E-state index contributed by atoms with van der Waals surface area (Å²) < 4.78 is 5.65. The fraction of sp³-hybridized carbons (Fsp3) is 0.250. The molecule has 0 saturated heterocycles. The quantitative estimate of drug-likeness (QED) is 0.658. The molecule has 0 aliphatic rings. The van der Waals surface area contributed by atoms with E-state index in [1.54, 1.807) is 23.1 Å². The minimum absolute atomic E-state index is 0.155. The molecule has 0 aliphatic carbocycles. The molecule has 0 amide bonds. The van der Waals surface area contributed by atoms with Crippen molar-refractivity contribution >= 4 is 23.5 Å². The van der Waals surface area contributed by atoms with Crippen molar-refractivity contribution in [2.24, 2.45) is 5.84 Å². The molecule has 0 aliphatic heterocycles. The Kier molecular flexibility index (Phi) is 4.21. The fourth-order valence-corrected chi connectivity index (χ4v) is 1.71. The second-order valence-electron chi connectivity index (χ2n) is 4.29. The van der Waals surface area contributed by atoms with Gasteiger partial charge in [-0.1, -0.05) is 11.6 Å². The smallest absolute Gasteiger partial charge is 0.328 e. The van der Waals surface area contributed by atoms with Gasteiger partial charge in [-0.25, -0.2) is 5.84 Å². The monoisotopic (exact) mass is 294 g/mol. The van der Waals surface area contributed by atoms with Gasteiger partial charge in [-0.05, 0) is 30.7 Å². The second kappa shape index (κ2) is 5.89. The summed E-state index contributed by atoms with van der Waals surface area (Å²) in [6.07, 6.45) is 0. The van der Waals surface area contributed by atoms with Crippen molar-refractivity contribution in [1.82, 2.24) is 15.0 Å². The van der Waals surface area contributed by atoms with Crippen molar-refractivity contribution in [3.63, 3.8) is 0 Å². The van der Waals surface area contributed by atoms with Crippen LogP contribution in [0.5, 0.6) is 11.8 Å². The van der Waals surface area contributed by atoms with E-state index in [1.165, 1.54) is 0 Å². The third-order valence-electron chi connectivity index (χ3n) is 2.47. The van der Waals surface area contributed by atoms with Crippen molar-refractivity contribution in [3.05, 3.63) is 28.8 Å². The van der Waals surface area contributed by atoms with E-state index < -0.39 is 0 Å². The molecule has 1 aromatic heterocycles. The Morgan fingerprint density at radius 3 is 2.60 bits per heavy atom. The highest BCUT2D eigenvalue weighted by Crippen LogP contribution is 2.26. The molecule has 0 saturated carbocycles. The van der Waals surface area contributed by atoms with E-state index in [-0.39, 0.29) is 12.0 Å². The minimum atomic E-state index is 0.155. The highest BCUT2D eigenvalue weighted by molar-refractivity contribution is 6.30. The van der Waals surface area contributed by atoms with Crippen LogP contribution >= 0.6 is 11.6 Å². The first-order chi connectivity index (χ1) is 9.49. The lowest BCUT2D eigenvalue weighted by atomic mass is 10.2. The molecule has 1 heterocycles. The van der Waals surface area contributed by atoms with E-state index >= 15 is 0 Å². The van der Waals surface area contributed by atoms with Crippen LogP contribution in [0.25, 0.3) is 0 Å². The lowest BCUT2D eigenvalue weighted by Gasteiger charge is -2.13. The summed E-state index contributed by atoms with van der Waals surface area (Å²) in [6, 6.07) is 5.45. The van der Waals surface area contributed by atoms with Gasteiger partial charge in [0.05, 0.1) is 0 Å². The van der Waals surface area contributed by atoms with E-state index in [0.29, 0.717) is 16.7 Å². The van der Waals surface area contributed by atoms with E-state index in [9.17, 15) is 0 Å².